The fourth-order valence-corrected chi connectivity index (χ4v) is 4.64. The van der Waals surface area contributed by atoms with Crippen LogP contribution in [-0.4, -0.2) is 55.9 Å². The molecule has 1 amide bonds. The van der Waals surface area contributed by atoms with Crippen molar-refractivity contribution in [3.8, 4) is 0 Å². The molecule has 1 unspecified atom stereocenters. The maximum Gasteiger partial charge on any atom is 0.226 e. The zero-order chi connectivity index (χ0) is 13.5. The minimum Gasteiger partial charge on any atom is -0.336 e. The number of sulfone groups is 1. The van der Waals surface area contributed by atoms with E-state index in [2.05, 4.69) is 5.32 Å². The van der Waals surface area contributed by atoms with Crippen molar-refractivity contribution < 1.29 is 13.2 Å². The predicted molar refractivity (Wildman–Crippen MR) is 69.9 cm³/mol. The van der Waals surface area contributed by atoms with Crippen molar-refractivity contribution in [2.24, 2.45) is 11.8 Å². The quantitative estimate of drug-likeness (QED) is 0.762. The van der Waals surface area contributed by atoms with E-state index in [4.69, 9.17) is 0 Å². The summed E-state index contributed by atoms with van der Waals surface area (Å²) in [5.74, 6) is 0.605. The maximum absolute atomic E-state index is 12.4. The van der Waals surface area contributed by atoms with E-state index in [9.17, 15) is 13.2 Å². The van der Waals surface area contributed by atoms with Gasteiger partial charge in [0.1, 0.15) is 0 Å². The molecule has 0 radical (unpaired) electrons. The van der Waals surface area contributed by atoms with Gasteiger partial charge in [-0.25, -0.2) is 8.42 Å². The summed E-state index contributed by atoms with van der Waals surface area (Å²) in [6.45, 7) is 7.27. The lowest BCUT2D eigenvalue weighted by Crippen LogP contribution is -2.60. The monoisotopic (exact) mass is 274 g/mol. The third-order valence-electron chi connectivity index (χ3n) is 4.15. The molecule has 0 spiro atoms. The van der Waals surface area contributed by atoms with Crippen LogP contribution in [0.25, 0.3) is 0 Å². The molecule has 6 heteroatoms. The Morgan fingerprint density at radius 1 is 1.28 bits per heavy atom. The largest absolute Gasteiger partial charge is 0.336 e. The van der Waals surface area contributed by atoms with Crippen molar-refractivity contribution in [1.29, 1.82) is 0 Å². The Balaban J connectivity index is 2.16. The molecule has 2 rings (SSSR count). The summed E-state index contributed by atoms with van der Waals surface area (Å²) < 4.78 is 23.4. The molecule has 0 aromatic heterocycles. The Morgan fingerprint density at radius 3 is 2.56 bits per heavy atom. The summed E-state index contributed by atoms with van der Waals surface area (Å²) in [5, 5.41) is 3.22. The van der Waals surface area contributed by atoms with E-state index in [-0.39, 0.29) is 41.3 Å². The minimum absolute atomic E-state index is 0.0490. The van der Waals surface area contributed by atoms with Crippen molar-refractivity contribution in [1.82, 2.24) is 10.2 Å². The second-order valence-corrected chi connectivity index (χ2v) is 7.92. The molecule has 2 aliphatic rings. The van der Waals surface area contributed by atoms with Gasteiger partial charge < -0.3 is 10.2 Å². The number of piperazine rings is 1. The van der Waals surface area contributed by atoms with E-state index in [0.717, 1.165) is 0 Å². The van der Waals surface area contributed by atoms with Gasteiger partial charge in [0.25, 0.3) is 0 Å². The minimum atomic E-state index is -3.00. The number of hydrogen-bond acceptors (Lipinski definition) is 4. The van der Waals surface area contributed by atoms with Crippen molar-refractivity contribution in [3.05, 3.63) is 0 Å². The normalized spacial score (nSPS) is 32.3. The third kappa shape index (κ3) is 2.54. The highest BCUT2D eigenvalue weighted by Gasteiger charge is 2.45. The zero-order valence-electron chi connectivity index (χ0n) is 11.2. The first kappa shape index (κ1) is 13.8. The van der Waals surface area contributed by atoms with Crippen molar-refractivity contribution in [2.75, 3.05) is 24.6 Å². The van der Waals surface area contributed by atoms with Crippen LogP contribution in [-0.2, 0) is 14.6 Å². The Bertz CT molecular complexity index is 433. The molecule has 5 nitrogen and oxygen atoms in total. The van der Waals surface area contributed by atoms with Gasteiger partial charge in [0, 0.05) is 25.0 Å². The zero-order valence-corrected chi connectivity index (χ0v) is 12.0. The molecule has 0 saturated carbocycles. The second kappa shape index (κ2) is 4.81. The van der Waals surface area contributed by atoms with Crippen molar-refractivity contribution >= 4 is 15.7 Å². The number of amides is 1. The van der Waals surface area contributed by atoms with Gasteiger partial charge in [-0.2, -0.15) is 0 Å². The van der Waals surface area contributed by atoms with Gasteiger partial charge in [-0.05, 0) is 5.92 Å². The molecule has 0 bridgehead atoms. The van der Waals surface area contributed by atoms with Crippen LogP contribution in [0, 0.1) is 11.8 Å². The topological polar surface area (TPSA) is 66.5 Å². The standard InChI is InChI=1S/C12H22N2O3S/c1-8(2)9(3)12(15)14-5-4-13-10-6-18(16,17)7-11(10)14/h8-11,13H,4-7H2,1-3H3/t9?,10-,11+/m1/s1. The number of carbonyl (C=O) groups is 1. The summed E-state index contributed by atoms with van der Waals surface area (Å²) in [6, 6.07) is -0.246. The van der Waals surface area contributed by atoms with E-state index in [1.807, 2.05) is 20.8 Å². The molecule has 0 aromatic rings. The molecule has 104 valence electrons. The summed E-state index contributed by atoms with van der Waals surface area (Å²) in [6.07, 6.45) is 0. The van der Waals surface area contributed by atoms with Gasteiger partial charge in [0.05, 0.1) is 17.5 Å². The summed E-state index contributed by atoms with van der Waals surface area (Å²) in [4.78, 5) is 14.2. The molecule has 2 saturated heterocycles. The van der Waals surface area contributed by atoms with Crippen LogP contribution in [0.2, 0.25) is 0 Å². The average Bonchev–Trinajstić information content (AvgIpc) is 2.60. The van der Waals surface area contributed by atoms with Crippen LogP contribution in [0.3, 0.4) is 0 Å². The lowest BCUT2D eigenvalue weighted by atomic mass is 9.94. The van der Waals surface area contributed by atoms with E-state index in [1.165, 1.54) is 0 Å². The highest BCUT2D eigenvalue weighted by atomic mass is 32.2. The Kier molecular flexibility index (Phi) is 3.69. The van der Waals surface area contributed by atoms with Crippen LogP contribution >= 0.6 is 0 Å². The number of nitrogens with one attached hydrogen (secondary N) is 1. The first-order valence-electron chi connectivity index (χ1n) is 6.56. The van der Waals surface area contributed by atoms with Gasteiger partial charge in [-0.1, -0.05) is 20.8 Å². The van der Waals surface area contributed by atoms with Crippen LogP contribution < -0.4 is 5.32 Å². The first-order chi connectivity index (χ1) is 8.32. The van der Waals surface area contributed by atoms with Gasteiger partial charge in [0.2, 0.25) is 5.91 Å². The molecule has 18 heavy (non-hydrogen) atoms. The molecule has 0 aliphatic carbocycles. The Hall–Kier alpha value is -0.620. The highest BCUT2D eigenvalue weighted by Crippen LogP contribution is 2.24. The SMILES string of the molecule is CC(C)C(C)C(=O)N1CCN[C@@H]2CS(=O)(=O)C[C@@H]21. The van der Waals surface area contributed by atoms with Crippen LogP contribution in [0.15, 0.2) is 0 Å². The van der Waals surface area contributed by atoms with Crippen LogP contribution in [0.1, 0.15) is 20.8 Å². The molecule has 3 atom stereocenters. The summed E-state index contributed by atoms with van der Waals surface area (Å²) in [7, 11) is -3.00. The lowest BCUT2D eigenvalue weighted by molar-refractivity contribution is -0.139. The van der Waals surface area contributed by atoms with Crippen molar-refractivity contribution in [3.63, 3.8) is 0 Å². The fraction of sp³-hybridized carbons (Fsp3) is 0.917. The smallest absolute Gasteiger partial charge is 0.226 e. The summed E-state index contributed by atoms with van der Waals surface area (Å²) >= 11 is 0. The molecular formula is C12H22N2O3S. The predicted octanol–water partition coefficient (Wildman–Crippen LogP) is -0.124. The number of nitrogens with zero attached hydrogens (tertiary/aromatic N) is 1. The molecule has 2 aliphatic heterocycles. The molecular weight excluding hydrogens is 252 g/mol. The average molecular weight is 274 g/mol. The molecule has 2 heterocycles. The number of hydrogen-bond donors (Lipinski definition) is 1. The van der Waals surface area contributed by atoms with Gasteiger partial charge in [-0.3, -0.25) is 4.79 Å². The van der Waals surface area contributed by atoms with E-state index < -0.39 is 9.84 Å². The lowest BCUT2D eigenvalue weighted by Gasteiger charge is -2.39. The third-order valence-corrected chi connectivity index (χ3v) is 5.87. The van der Waals surface area contributed by atoms with E-state index >= 15 is 0 Å². The highest BCUT2D eigenvalue weighted by molar-refractivity contribution is 7.91. The van der Waals surface area contributed by atoms with E-state index in [1.54, 1.807) is 4.90 Å². The van der Waals surface area contributed by atoms with Gasteiger partial charge in [0.15, 0.2) is 9.84 Å². The van der Waals surface area contributed by atoms with E-state index in [0.29, 0.717) is 13.1 Å². The summed E-state index contributed by atoms with van der Waals surface area (Å²) in [5.41, 5.74) is 0. The second-order valence-electron chi connectivity index (χ2n) is 5.77. The number of fused-ring (bicyclic) bond motifs is 1. The first-order valence-corrected chi connectivity index (χ1v) is 8.38. The fourth-order valence-electron chi connectivity index (χ4n) is 2.69. The Labute approximate surface area is 109 Å². The van der Waals surface area contributed by atoms with Crippen molar-refractivity contribution in [2.45, 2.75) is 32.9 Å². The number of rotatable bonds is 2. The molecule has 0 aromatic carbocycles. The van der Waals surface area contributed by atoms with Crippen LogP contribution in [0.5, 0.6) is 0 Å². The molecule has 1 N–H and O–H groups in total. The van der Waals surface area contributed by atoms with Crippen LogP contribution in [0.4, 0.5) is 0 Å². The molecule has 2 fully saturated rings. The maximum atomic E-state index is 12.4. The van der Waals surface area contributed by atoms with Gasteiger partial charge >= 0.3 is 0 Å². The van der Waals surface area contributed by atoms with Gasteiger partial charge in [-0.15, -0.1) is 0 Å². The number of carbonyl (C=O) groups excluding carboxylic acids is 1. The Morgan fingerprint density at radius 2 is 1.94 bits per heavy atom.